The normalized spacial score (nSPS) is 10.9. The highest BCUT2D eigenvalue weighted by Gasteiger charge is 2.20. The van der Waals surface area contributed by atoms with Gasteiger partial charge in [0.05, 0.1) is 16.1 Å². The van der Waals surface area contributed by atoms with Crippen LogP contribution in [0.15, 0.2) is 89.5 Å². The number of halogens is 2. The molecule has 1 amide bonds. The lowest BCUT2D eigenvalue weighted by Gasteiger charge is -2.19. The van der Waals surface area contributed by atoms with E-state index in [-0.39, 0.29) is 17.6 Å². The highest BCUT2D eigenvalue weighted by molar-refractivity contribution is 6.42. The Kier molecular flexibility index (Phi) is 5.65. The van der Waals surface area contributed by atoms with Gasteiger partial charge < -0.3 is 9.73 Å². The molecule has 6 heteroatoms. The molecule has 29 heavy (non-hydrogen) atoms. The number of hydrogen-bond donors (Lipinski definition) is 1. The molecule has 3 aromatic carbocycles. The van der Waals surface area contributed by atoms with Crippen LogP contribution in [0.2, 0.25) is 10.0 Å². The molecular formula is C23H16Cl2N2O2. The summed E-state index contributed by atoms with van der Waals surface area (Å²) in [7, 11) is 0. The summed E-state index contributed by atoms with van der Waals surface area (Å²) in [5, 5.41) is 3.87. The van der Waals surface area contributed by atoms with Gasteiger partial charge in [0.25, 0.3) is 5.91 Å². The molecule has 0 radical (unpaired) electrons. The number of rotatable bonds is 5. The minimum atomic E-state index is -0.335. The molecule has 0 aliphatic carbocycles. The van der Waals surface area contributed by atoms with E-state index in [0.29, 0.717) is 21.5 Å². The SMILES string of the molecule is O=C(NC(c1ccccc1)c1ccccc1)c1coc(-c2ccc(Cl)c(Cl)c2)n1. The third-order valence-corrected chi connectivity index (χ3v) is 5.18. The Morgan fingerprint density at radius 1 is 0.862 bits per heavy atom. The molecule has 0 unspecified atom stereocenters. The number of carbonyl (C=O) groups excluding carboxylic acids is 1. The molecule has 0 saturated carbocycles. The van der Waals surface area contributed by atoms with Crippen molar-refractivity contribution >= 4 is 29.1 Å². The van der Waals surface area contributed by atoms with Crippen molar-refractivity contribution in [2.75, 3.05) is 0 Å². The second-order valence-corrected chi connectivity index (χ2v) is 7.21. The van der Waals surface area contributed by atoms with Crippen molar-refractivity contribution in [1.82, 2.24) is 10.3 Å². The van der Waals surface area contributed by atoms with E-state index in [1.165, 1.54) is 6.26 Å². The average Bonchev–Trinajstić information content (AvgIpc) is 3.25. The molecule has 4 rings (SSSR count). The van der Waals surface area contributed by atoms with Gasteiger partial charge in [-0.15, -0.1) is 0 Å². The maximum absolute atomic E-state index is 12.9. The fourth-order valence-electron chi connectivity index (χ4n) is 2.99. The monoisotopic (exact) mass is 422 g/mol. The summed E-state index contributed by atoms with van der Waals surface area (Å²) in [6.45, 7) is 0. The number of hydrogen-bond acceptors (Lipinski definition) is 3. The first-order chi connectivity index (χ1) is 14.1. The van der Waals surface area contributed by atoms with Crippen molar-refractivity contribution in [2.24, 2.45) is 0 Å². The van der Waals surface area contributed by atoms with Crippen LogP contribution in [-0.2, 0) is 0 Å². The molecule has 144 valence electrons. The first-order valence-electron chi connectivity index (χ1n) is 8.93. The minimum absolute atomic E-state index is 0.183. The van der Waals surface area contributed by atoms with E-state index < -0.39 is 0 Å². The van der Waals surface area contributed by atoms with Crippen molar-refractivity contribution in [3.05, 3.63) is 112 Å². The van der Waals surface area contributed by atoms with E-state index >= 15 is 0 Å². The largest absolute Gasteiger partial charge is 0.444 e. The number of carbonyl (C=O) groups is 1. The van der Waals surface area contributed by atoms with Crippen molar-refractivity contribution in [1.29, 1.82) is 0 Å². The summed E-state index contributed by atoms with van der Waals surface area (Å²) >= 11 is 12.0. The Bertz CT molecular complexity index is 1090. The number of nitrogens with zero attached hydrogens (tertiary/aromatic N) is 1. The maximum atomic E-state index is 12.9. The predicted octanol–water partition coefficient (Wildman–Crippen LogP) is 6.17. The average molecular weight is 423 g/mol. The van der Waals surface area contributed by atoms with Gasteiger partial charge in [0.1, 0.15) is 6.26 Å². The lowest BCUT2D eigenvalue weighted by atomic mass is 9.98. The summed E-state index contributed by atoms with van der Waals surface area (Å²) < 4.78 is 5.49. The van der Waals surface area contributed by atoms with Crippen molar-refractivity contribution in [3.8, 4) is 11.5 Å². The molecule has 0 fully saturated rings. The molecule has 0 spiro atoms. The molecule has 4 nitrogen and oxygen atoms in total. The summed E-state index contributed by atoms with van der Waals surface area (Å²) in [5.74, 6) is -0.0394. The second kappa shape index (κ2) is 8.52. The molecule has 1 aromatic heterocycles. The van der Waals surface area contributed by atoms with Crippen LogP contribution < -0.4 is 5.32 Å². The van der Waals surface area contributed by atoms with Crippen LogP contribution in [0.5, 0.6) is 0 Å². The van der Waals surface area contributed by atoms with E-state index in [9.17, 15) is 4.79 Å². The Hall–Kier alpha value is -3.08. The maximum Gasteiger partial charge on any atom is 0.274 e. The predicted molar refractivity (Wildman–Crippen MR) is 114 cm³/mol. The second-order valence-electron chi connectivity index (χ2n) is 6.39. The van der Waals surface area contributed by atoms with Gasteiger partial charge in [-0.1, -0.05) is 83.9 Å². The van der Waals surface area contributed by atoms with E-state index in [4.69, 9.17) is 27.6 Å². The van der Waals surface area contributed by atoms with Crippen molar-refractivity contribution < 1.29 is 9.21 Å². The van der Waals surface area contributed by atoms with Gasteiger partial charge >= 0.3 is 0 Å². The zero-order valence-corrected chi connectivity index (χ0v) is 16.7. The molecular weight excluding hydrogens is 407 g/mol. The first kappa shape index (κ1) is 19.2. The van der Waals surface area contributed by atoms with Crippen molar-refractivity contribution in [2.45, 2.75) is 6.04 Å². The summed E-state index contributed by atoms with van der Waals surface area (Å²) in [6.07, 6.45) is 1.33. The molecule has 0 saturated heterocycles. The van der Waals surface area contributed by atoms with Gasteiger partial charge in [0.15, 0.2) is 5.69 Å². The van der Waals surface area contributed by atoms with Gasteiger partial charge in [-0.25, -0.2) is 4.98 Å². The fourth-order valence-corrected chi connectivity index (χ4v) is 3.29. The van der Waals surface area contributed by atoms with Gasteiger partial charge in [0, 0.05) is 5.56 Å². The number of amides is 1. The Morgan fingerprint density at radius 2 is 1.48 bits per heavy atom. The third kappa shape index (κ3) is 4.34. The van der Waals surface area contributed by atoms with E-state index in [2.05, 4.69) is 10.3 Å². The Balaban J connectivity index is 1.60. The first-order valence-corrected chi connectivity index (χ1v) is 9.69. The van der Waals surface area contributed by atoms with Crippen LogP contribution in [0.3, 0.4) is 0 Å². The highest BCUT2D eigenvalue weighted by atomic mass is 35.5. The van der Waals surface area contributed by atoms with Gasteiger partial charge in [-0.2, -0.15) is 0 Å². The van der Waals surface area contributed by atoms with Gasteiger partial charge in [-0.05, 0) is 29.3 Å². The van der Waals surface area contributed by atoms with Crippen LogP contribution >= 0.6 is 23.2 Å². The Morgan fingerprint density at radius 3 is 2.07 bits per heavy atom. The van der Waals surface area contributed by atoms with Crippen LogP contribution in [0, 0.1) is 0 Å². The number of aromatic nitrogens is 1. The fraction of sp³-hybridized carbons (Fsp3) is 0.0435. The third-order valence-electron chi connectivity index (χ3n) is 4.44. The molecule has 0 bridgehead atoms. The summed E-state index contributed by atoms with van der Waals surface area (Å²) in [4.78, 5) is 17.2. The van der Waals surface area contributed by atoms with E-state index in [1.807, 2.05) is 60.7 Å². The zero-order valence-electron chi connectivity index (χ0n) is 15.2. The molecule has 4 aromatic rings. The molecule has 0 aliphatic heterocycles. The standard InChI is InChI=1S/C23H16Cl2N2O2/c24-18-12-11-17(13-19(18)25)23-26-20(14-29-23)22(28)27-21(15-7-3-1-4-8-15)16-9-5-2-6-10-16/h1-14,21H,(H,27,28). The summed E-state index contributed by atoms with van der Waals surface area (Å²) in [5.41, 5.74) is 2.77. The lowest BCUT2D eigenvalue weighted by molar-refractivity contribution is 0.0938. The van der Waals surface area contributed by atoms with Crippen LogP contribution in [0.4, 0.5) is 0 Å². The Labute approximate surface area is 178 Å². The quantitative estimate of drug-likeness (QED) is 0.418. The smallest absolute Gasteiger partial charge is 0.274 e. The van der Waals surface area contributed by atoms with E-state index in [0.717, 1.165) is 11.1 Å². The summed E-state index contributed by atoms with van der Waals surface area (Å²) in [6, 6.07) is 24.3. The molecule has 1 heterocycles. The van der Waals surface area contributed by atoms with Crippen LogP contribution in [0.1, 0.15) is 27.7 Å². The topological polar surface area (TPSA) is 55.1 Å². The zero-order chi connectivity index (χ0) is 20.2. The minimum Gasteiger partial charge on any atom is -0.444 e. The molecule has 0 atom stereocenters. The lowest BCUT2D eigenvalue weighted by Crippen LogP contribution is -2.29. The van der Waals surface area contributed by atoms with Crippen LogP contribution in [-0.4, -0.2) is 10.9 Å². The van der Waals surface area contributed by atoms with Gasteiger partial charge in [-0.3, -0.25) is 4.79 Å². The van der Waals surface area contributed by atoms with Crippen LogP contribution in [0.25, 0.3) is 11.5 Å². The number of oxazole rings is 1. The van der Waals surface area contributed by atoms with Crippen molar-refractivity contribution in [3.63, 3.8) is 0 Å². The van der Waals surface area contributed by atoms with Gasteiger partial charge in [0.2, 0.25) is 5.89 Å². The van der Waals surface area contributed by atoms with E-state index in [1.54, 1.807) is 18.2 Å². The number of nitrogens with one attached hydrogen (secondary N) is 1. The highest BCUT2D eigenvalue weighted by Crippen LogP contribution is 2.28. The number of benzene rings is 3. The molecule has 0 aliphatic rings. The molecule has 1 N–H and O–H groups in total.